The molecule has 0 aromatic carbocycles. The highest BCUT2D eigenvalue weighted by atomic mass is 16.5. The van der Waals surface area contributed by atoms with Crippen molar-refractivity contribution >= 4 is 6.09 Å². The van der Waals surface area contributed by atoms with Crippen LogP contribution in [0.25, 0.3) is 0 Å². The molecule has 1 amide bonds. The van der Waals surface area contributed by atoms with E-state index in [1.54, 1.807) is 0 Å². The van der Waals surface area contributed by atoms with Gasteiger partial charge in [0.1, 0.15) is 0 Å². The van der Waals surface area contributed by atoms with Crippen LogP contribution < -0.4 is 10.6 Å². The van der Waals surface area contributed by atoms with Gasteiger partial charge in [-0.15, -0.1) is 0 Å². The van der Waals surface area contributed by atoms with Crippen molar-refractivity contribution in [3.8, 4) is 0 Å². The Labute approximate surface area is 110 Å². The lowest BCUT2D eigenvalue weighted by Crippen LogP contribution is -2.45. The summed E-state index contributed by atoms with van der Waals surface area (Å²) in [6.07, 6.45) is 3.31. The minimum atomic E-state index is -0.406. The maximum absolute atomic E-state index is 11.3. The summed E-state index contributed by atoms with van der Waals surface area (Å²) in [5, 5.41) is 6.31. The van der Waals surface area contributed by atoms with E-state index in [0.717, 1.165) is 5.70 Å². The van der Waals surface area contributed by atoms with Gasteiger partial charge in [0.25, 0.3) is 0 Å². The minimum Gasteiger partial charge on any atom is -0.453 e. The quantitative estimate of drug-likeness (QED) is 0.793. The summed E-state index contributed by atoms with van der Waals surface area (Å²) in [5.41, 5.74) is 0.883. The number of amides is 1. The predicted molar refractivity (Wildman–Crippen MR) is 73.2 cm³/mol. The van der Waals surface area contributed by atoms with Crippen LogP contribution in [-0.2, 0) is 4.74 Å². The average molecular weight is 254 g/mol. The molecule has 2 N–H and O–H groups in total. The minimum absolute atomic E-state index is 0.0924. The maximum atomic E-state index is 11.3. The molecule has 0 aliphatic heterocycles. The summed E-state index contributed by atoms with van der Waals surface area (Å²) in [4.78, 5) is 11.3. The third-order valence-electron chi connectivity index (χ3n) is 3.73. The van der Waals surface area contributed by atoms with Crippen LogP contribution in [0.2, 0.25) is 0 Å². The van der Waals surface area contributed by atoms with Gasteiger partial charge in [0.2, 0.25) is 0 Å². The Morgan fingerprint density at radius 2 is 2.06 bits per heavy atom. The second-order valence-electron chi connectivity index (χ2n) is 5.54. The van der Waals surface area contributed by atoms with Crippen LogP contribution in [0.3, 0.4) is 0 Å². The molecule has 4 nitrogen and oxygen atoms in total. The van der Waals surface area contributed by atoms with Crippen molar-refractivity contribution in [3.63, 3.8) is 0 Å². The first-order chi connectivity index (χ1) is 8.45. The number of methoxy groups -OCH3 is 1. The van der Waals surface area contributed by atoms with Crippen LogP contribution in [0.15, 0.2) is 12.3 Å². The van der Waals surface area contributed by atoms with E-state index >= 15 is 0 Å². The molecule has 3 atom stereocenters. The van der Waals surface area contributed by atoms with Crippen LogP contribution in [-0.4, -0.2) is 25.3 Å². The van der Waals surface area contributed by atoms with Gasteiger partial charge in [-0.1, -0.05) is 33.8 Å². The highest BCUT2D eigenvalue weighted by Gasteiger charge is 2.27. The van der Waals surface area contributed by atoms with E-state index in [9.17, 15) is 4.79 Å². The number of hydrogen-bond donors (Lipinski definition) is 2. The molecule has 104 valence electrons. The van der Waals surface area contributed by atoms with Gasteiger partial charge >= 0.3 is 6.09 Å². The Morgan fingerprint density at radius 3 is 2.50 bits per heavy atom. The number of alkyl carbamates (subject to hydrolysis) is 1. The molecule has 0 spiro atoms. The zero-order chi connectivity index (χ0) is 13.7. The summed E-state index contributed by atoms with van der Waals surface area (Å²) in [7, 11) is 1.38. The number of hydrogen-bond acceptors (Lipinski definition) is 3. The lowest BCUT2D eigenvalue weighted by Gasteiger charge is -2.28. The van der Waals surface area contributed by atoms with Gasteiger partial charge in [0, 0.05) is 11.7 Å². The van der Waals surface area contributed by atoms with Crippen LogP contribution >= 0.6 is 0 Å². The normalized spacial score (nSPS) is 24.7. The van der Waals surface area contributed by atoms with Crippen molar-refractivity contribution in [1.82, 2.24) is 10.6 Å². The van der Waals surface area contributed by atoms with E-state index in [1.165, 1.54) is 26.4 Å². The van der Waals surface area contributed by atoms with Crippen LogP contribution in [0, 0.1) is 11.8 Å². The molecule has 1 fully saturated rings. The summed E-state index contributed by atoms with van der Waals surface area (Å²) in [6.45, 7) is 10.5. The first-order valence-corrected chi connectivity index (χ1v) is 6.75. The Morgan fingerprint density at radius 1 is 1.39 bits per heavy atom. The highest BCUT2D eigenvalue weighted by molar-refractivity contribution is 5.67. The molecule has 1 aliphatic carbocycles. The first-order valence-electron chi connectivity index (χ1n) is 6.75. The molecular formula is C14H26N2O2. The van der Waals surface area contributed by atoms with E-state index in [1.807, 2.05) is 0 Å². The summed E-state index contributed by atoms with van der Waals surface area (Å²) < 4.78 is 4.65. The van der Waals surface area contributed by atoms with E-state index < -0.39 is 6.09 Å². The van der Waals surface area contributed by atoms with Gasteiger partial charge in [0.05, 0.1) is 13.2 Å². The molecular weight excluding hydrogens is 228 g/mol. The SMILES string of the molecule is C=C(N[C@H]1CCCC1C)[C@@H](NC(=O)OC)C(C)C. The topological polar surface area (TPSA) is 50.4 Å². The fourth-order valence-corrected chi connectivity index (χ4v) is 2.53. The number of carbonyl (C=O) groups excluding carboxylic acids is 1. The fourth-order valence-electron chi connectivity index (χ4n) is 2.53. The van der Waals surface area contributed by atoms with E-state index in [2.05, 4.69) is 42.7 Å². The van der Waals surface area contributed by atoms with Crippen molar-refractivity contribution in [1.29, 1.82) is 0 Å². The number of rotatable bonds is 5. The summed E-state index contributed by atoms with van der Waals surface area (Å²) in [6, 6.07) is 0.392. The largest absolute Gasteiger partial charge is 0.453 e. The zero-order valence-electron chi connectivity index (χ0n) is 12.0. The molecule has 0 saturated heterocycles. The molecule has 0 bridgehead atoms. The van der Waals surface area contributed by atoms with Crippen LogP contribution in [0.5, 0.6) is 0 Å². The number of carbonyl (C=O) groups is 1. The molecule has 0 aromatic rings. The zero-order valence-corrected chi connectivity index (χ0v) is 12.0. The summed E-state index contributed by atoms with van der Waals surface area (Å²) in [5.74, 6) is 0.952. The van der Waals surface area contributed by atoms with Crippen molar-refractivity contribution in [2.24, 2.45) is 11.8 Å². The fraction of sp³-hybridized carbons (Fsp3) is 0.786. The number of nitrogens with one attached hydrogen (secondary N) is 2. The van der Waals surface area contributed by atoms with Gasteiger partial charge in [-0.3, -0.25) is 0 Å². The lowest BCUT2D eigenvalue weighted by atomic mass is 9.99. The average Bonchev–Trinajstić information content (AvgIpc) is 2.71. The number of ether oxygens (including phenoxy) is 1. The van der Waals surface area contributed by atoms with Crippen molar-refractivity contribution in [2.45, 2.75) is 52.1 Å². The van der Waals surface area contributed by atoms with Crippen molar-refractivity contribution in [2.75, 3.05) is 7.11 Å². The third kappa shape index (κ3) is 3.93. The molecule has 18 heavy (non-hydrogen) atoms. The molecule has 0 heterocycles. The van der Waals surface area contributed by atoms with Gasteiger partial charge < -0.3 is 15.4 Å². The Kier molecular flexibility index (Phi) is 5.51. The van der Waals surface area contributed by atoms with Crippen molar-refractivity contribution < 1.29 is 9.53 Å². The van der Waals surface area contributed by atoms with Gasteiger partial charge in [-0.25, -0.2) is 4.79 Å². The molecule has 1 unspecified atom stereocenters. The lowest BCUT2D eigenvalue weighted by molar-refractivity contribution is 0.164. The Balaban J connectivity index is 2.56. The van der Waals surface area contributed by atoms with E-state index in [-0.39, 0.29) is 12.0 Å². The molecule has 1 aliphatic rings. The van der Waals surface area contributed by atoms with Crippen LogP contribution in [0.1, 0.15) is 40.0 Å². The molecule has 0 aromatic heterocycles. The predicted octanol–water partition coefficient (Wildman–Crippen LogP) is 2.66. The molecule has 0 radical (unpaired) electrons. The van der Waals surface area contributed by atoms with Crippen molar-refractivity contribution in [3.05, 3.63) is 12.3 Å². The molecule has 4 heteroatoms. The van der Waals surface area contributed by atoms with Gasteiger partial charge in [0.15, 0.2) is 0 Å². The Hall–Kier alpha value is -1.19. The van der Waals surface area contributed by atoms with E-state index in [4.69, 9.17) is 0 Å². The monoisotopic (exact) mass is 254 g/mol. The Bertz CT molecular complexity index is 302. The summed E-state index contributed by atoms with van der Waals surface area (Å²) >= 11 is 0. The second-order valence-corrected chi connectivity index (χ2v) is 5.54. The third-order valence-corrected chi connectivity index (χ3v) is 3.73. The van der Waals surface area contributed by atoms with E-state index in [0.29, 0.717) is 12.0 Å². The first kappa shape index (κ1) is 14.9. The van der Waals surface area contributed by atoms with Gasteiger partial charge in [-0.05, 0) is 24.7 Å². The molecule has 1 rings (SSSR count). The smallest absolute Gasteiger partial charge is 0.407 e. The molecule has 1 saturated carbocycles. The maximum Gasteiger partial charge on any atom is 0.407 e. The van der Waals surface area contributed by atoms with Crippen LogP contribution in [0.4, 0.5) is 4.79 Å². The van der Waals surface area contributed by atoms with Gasteiger partial charge in [-0.2, -0.15) is 0 Å². The second kappa shape index (κ2) is 6.66. The highest BCUT2D eigenvalue weighted by Crippen LogP contribution is 2.26. The standard InChI is InChI=1S/C14H26N2O2/c1-9(2)13(16-14(17)18-5)11(4)15-12-8-6-7-10(12)3/h9-10,12-13,15H,4,6-8H2,1-3,5H3,(H,16,17)/t10?,12-,13-/m0/s1.